The molecule has 2 unspecified atom stereocenters. The van der Waals surface area contributed by atoms with E-state index in [4.69, 9.17) is 4.74 Å². The molecule has 0 heterocycles. The molecule has 21 heavy (non-hydrogen) atoms. The number of carbonyl (C=O) groups is 1. The van der Waals surface area contributed by atoms with Gasteiger partial charge in [-0.2, -0.15) is 0 Å². The van der Waals surface area contributed by atoms with E-state index in [0.717, 1.165) is 5.56 Å². The molecule has 0 saturated heterocycles. The molecule has 1 aromatic carbocycles. The summed E-state index contributed by atoms with van der Waals surface area (Å²) in [4.78, 5) is 11.3. The van der Waals surface area contributed by atoms with E-state index < -0.39 is 18.2 Å². The summed E-state index contributed by atoms with van der Waals surface area (Å²) in [5, 5.41) is 30.0. The predicted molar refractivity (Wildman–Crippen MR) is 79.0 cm³/mol. The molecule has 0 spiro atoms. The average molecular weight is 296 g/mol. The van der Waals surface area contributed by atoms with Crippen molar-refractivity contribution >= 4 is 5.97 Å². The van der Waals surface area contributed by atoms with Crippen molar-refractivity contribution in [2.45, 2.75) is 51.7 Å². The average Bonchev–Trinajstić information content (AvgIpc) is 2.37. The minimum absolute atomic E-state index is 0.113. The highest BCUT2D eigenvalue weighted by Crippen LogP contribution is 2.32. The number of benzene rings is 1. The van der Waals surface area contributed by atoms with Crippen molar-refractivity contribution in [3.8, 4) is 5.75 Å². The summed E-state index contributed by atoms with van der Waals surface area (Å²) in [7, 11) is 0. The van der Waals surface area contributed by atoms with E-state index in [1.54, 1.807) is 19.1 Å². The smallest absolute Gasteiger partial charge is 0.308 e. The van der Waals surface area contributed by atoms with Crippen molar-refractivity contribution < 1.29 is 24.9 Å². The van der Waals surface area contributed by atoms with Crippen LogP contribution in [0.15, 0.2) is 18.2 Å². The molecule has 0 bridgehead atoms. The van der Waals surface area contributed by atoms with Gasteiger partial charge in [-0.25, -0.2) is 0 Å². The van der Waals surface area contributed by atoms with Gasteiger partial charge >= 0.3 is 5.97 Å². The number of carbonyl (C=O) groups excluding carboxylic acids is 1. The number of phenolic OH excluding ortho intramolecular Hbond substituents is 1. The molecular weight excluding hydrogens is 272 g/mol. The van der Waals surface area contributed by atoms with Crippen LogP contribution in [0.5, 0.6) is 5.75 Å². The number of phenols is 1. The van der Waals surface area contributed by atoms with Gasteiger partial charge in [0, 0.05) is 5.56 Å². The Morgan fingerprint density at radius 3 is 2.43 bits per heavy atom. The largest absolute Gasteiger partial charge is 0.508 e. The number of aromatic hydroxyl groups is 1. The fourth-order valence-electron chi connectivity index (χ4n) is 1.97. The van der Waals surface area contributed by atoms with E-state index in [2.05, 4.69) is 0 Å². The number of hydrogen-bond acceptors (Lipinski definition) is 5. The van der Waals surface area contributed by atoms with Crippen LogP contribution in [0.1, 0.15) is 51.3 Å². The topological polar surface area (TPSA) is 87.0 Å². The fraction of sp³-hybridized carbons (Fsp3) is 0.562. The third-order valence-corrected chi connectivity index (χ3v) is 3.26. The molecule has 2 atom stereocenters. The number of rotatable bonds is 5. The summed E-state index contributed by atoms with van der Waals surface area (Å²) in [6, 6.07) is 4.90. The van der Waals surface area contributed by atoms with Crippen molar-refractivity contribution in [1.82, 2.24) is 0 Å². The number of esters is 1. The van der Waals surface area contributed by atoms with Crippen LogP contribution >= 0.6 is 0 Å². The van der Waals surface area contributed by atoms with E-state index in [1.165, 1.54) is 6.07 Å². The van der Waals surface area contributed by atoms with E-state index in [9.17, 15) is 20.1 Å². The molecule has 0 aliphatic rings. The van der Waals surface area contributed by atoms with Gasteiger partial charge in [0.1, 0.15) is 11.9 Å². The Labute approximate surface area is 125 Å². The van der Waals surface area contributed by atoms with Gasteiger partial charge in [0.2, 0.25) is 0 Å². The van der Waals surface area contributed by atoms with Gasteiger partial charge < -0.3 is 20.1 Å². The lowest BCUT2D eigenvalue weighted by Crippen LogP contribution is -2.23. The maximum absolute atomic E-state index is 11.3. The maximum Gasteiger partial charge on any atom is 0.308 e. The van der Waals surface area contributed by atoms with Gasteiger partial charge in [-0.05, 0) is 30.0 Å². The highest BCUT2D eigenvalue weighted by atomic mass is 16.5. The van der Waals surface area contributed by atoms with Crippen LogP contribution in [0.25, 0.3) is 0 Å². The van der Waals surface area contributed by atoms with Gasteiger partial charge in [0.25, 0.3) is 0 Å². The SMILES string of the molecule is CCOC(=O)CC(O)C(O)c1cc(C(C)(C)C)ccc1O. The second kappa shape index (κ2) is 6.91. The lowest BCUT2D eigenvalue weighted by molar-refractivity contribution is -0.147. The summed E-state index contributed by atoms with van der Waals surface area (Å²) in [6.07, 6.45) is -3.00. The summed E-state index contributed by atoms with van der Waals surface area (Å²) < 4.78 is 4.73. The van der Waals surface area contributed by atoms with Crippen LogP contribution in [0.4, 0.5) is 0 Å². The lowest BCUT2D eigenvalue weighted by Gasteiger charge is -2.23. The number of ether oxygens (including phenoxy) is 1. The fourth-order valence-corrected chi connectivity index (χ4v) is 1.97. The molecule has 0 aromatic heterocycles. The second-order valence-corrected chi connectivity index (χ2v) is 6.04. The highest BCUT2D eigenvalue weighted by molar-refractivity contribution is 5.70. The molecule has 5 nitrogen and oxygen atoms in total. The van der Waals surface area contributed by atoms with Crippen molar-refractivity contribution in [3.63, 3.8) is 0 Å². The monoisotopic (exact) mass is 296 g/mol. The minimum atomic E-state index is -1.35. The number of aliphatic hydroxyl groups excluding tert-OH is 2. The number of hydrogen-bond donors (Lipinski definition) is 3. The Bertz CT molecular complexity index is 490. The van der Waals surface area contributed by atoms with Crippen LogP contribution in [-0.4, -0.2) is 34.0 Å². The predicted octanol–water partition coefficient (Wildman–Crippen LogP) is 2.04. The van der Waals surface area contributed by atoms with Crippen molar-refractivity contribution in [2.75, 3.05) is 6.61 Å². The molecular formula is C16H24O5. The van der Waals surface area contributed by atoms with E-state index >= 15 is 0 Å². The van der Waals surface area contributed by atoms with Gasteiger partial charge in [-0.15, -0.1) is 0 Å². The van der Waals surface area contributed by atoms with Gasteiger partial charge in [0.15, 0.2) is 0 Å². The first-order chi connectivity index (χ1) is 9.66. The third kappa shape index (κ3) is 4.72. The highest BCUT2D eigenvalue weighted by Gasteiger charge is 2.26. The van der Waals surface area contributed by atoms with Crippen LogP contribution < -0.4 is 0 Å². The first-order valence-electron chi connectivity index (χ1n) is 7.02. The normalized spacial score (nSPS) is 14.6. The summed E-state index contributed by atoms with van der Waals surface area (Å²) in [5.74, 6) is -0.700. The van der Waals surface area contributed by atoms with Gasteiger partial charge in [0.05, 0.1) is 19.1 Å². The summed E-state index contributed by atoms with van der Waals surface area (Å²) >= 11 is 0. The Kier molecular flexibility index (Phi) is 5.75. The zero-order valence-electron chi connectivity index (χ0n) is 13.0. The first-order valence-corrected chi connectivity index (χ1v) is 7.02. The van der Waals surface area contributed by atoms with E-state index in [-0.39, 0.29) is 29.8 Å². The molecule has 118 valence electrons. The number of aliphatic hydroxyl groups is 2. The van der Waals surface area contributed by atoms with Gasteiger partial charge in [-0.1, -0.05) is 26.8 Å². The molecule has 0 aliphatic heterocycles. The lowest BCUT2D eigenvalue weighted by atomic mass is 9.85. The van der Waals surface area contributed by atoms with Crippen LogP contribution in [0, 0.1) is 0 Å². The van der Waals surface area contributed by atoms with Crippen molar-refractivity contribution in [1.29, 1.82) is 0 Å². The molecule has 5 heteroatoms. The molecule has 1 aromatic rings. The second-order valence-electron chi connectivity index (χ2n) is 6.04. The minimum Gasteiger partial charge on any atom is -0.508 e. The quantitative estimate of drug-likeness (QED) is 0.724. The summed E-state index contributed by atoms with van der Waals surface area (Å²) in [5.41, 5.74) is 0.964. The molecule has 1 rings (SSSR count). The van der Waals surface area contributed by atoms with E-state index in [1.807, 2.05) is 20.8 Å². The Hall–Kier alpha value is -1.59. The molecule has 0 aliphatic carbocycles. The van der Waals surface area contributed by atoms with Crippen LogP contribution in [0.3, 0.4) is 0 Å². The Morgan fingerprint density at radius 2 is 1.90 bits per heavy atom. The molecule has 0 amide bonds. The standard InChI is InChI=1S/C16H24O5/c1-5-21-14(19)9-13(18)15(20)11-8-10(16(2,3)4)6-7-12(11)17/h6-8,13,15,17-18,20H,5,9H2,1-4H3. The molecule has 0 fully saturated rings. The Balaban J connectivity index is 2.95. The molecule has 3 N–H and O–H groups in total. The maximum atomic E-state index is 11.3. The zero-order valence-corrected chi connectivity index (χ0v) is 13.0. The zero-order chi connectivity index (χ0) is 16.2. The first kappa shape index (κ1) is 17.5. The van der Waals surface area contributed by atoms with Crippen molar-refractivity contribution in [2.24, 2.45) is 0 Å². The van der Waals surface area contributed by atoms with Crippen molar-refractivity contribution in [3.05, 3.63) is 29.3 Å². The molecule has 0 saturated carbocycles. The van der Waals surface area contributed by atoms with E-state index in [0.29, 0.717) is 0 Å². The van der Waals surface area contributed by atoms with Gasteiger partial charge in [-0.3, -0.25) is 4.79 Å². The third-order valence-electron chi connectivity index (χ3n) is 3.26. The van der Waals surface area contributed by atoms with Crippen LogP contribution in [0.2, 0.25) is 0 Å². The Morgan fingerprint density at radius 1 is 1.29 bits per heavy atom. The summed E-state index contributed by atoms with van der Waals surface area (Å²) in [6.45, 7) is 7.89. The van der Waals surface area contributed by atoms with Crippen LogP contribution in [-0.2, 0) is 14.9 Å². The molecule has 0 radical (unpaired) electrons.